The number of aliphatic carboxylic acids is 1. The van der Waals surface area contributed by atoms with Crippen LogP contribution < -0.4 is 4.74 Å². The Bertz CT molecular complexity index is 572. The summed E-state index contributed by atoms with van der Waals surface area (Å²) >= 11 is 0. The number of ether oxygens (including phenoxy) is 1. The summed E-state index contributed by atoms with van der Waals surface area (Å²) in [7, 11) is 0. The SMILES string of the molecule is C=C(/C=C(\C)C(C)C)Cc1c(C)cc(OCC(=O)O)cc1C. The van der Waals surface area contributed by atoms with Gasteiger partial charge in [-0.3, -0.25) is 0 Å². The minimum atomic E-state index is -0.970. The molecule has 0 unspecified atom stereocenters. The molecule has 0 aliphatic heterocycles. The molecule has 0 bridgehead atoms. The molecule has 0 saturated carbocycles. The van der Waals surface area contributed by atoms with Crippen molar-refractivity contribution in [1.29, 1.82) is 0 Å². The molecular formula is C19H26O3. The second kappa shape index (κ2) is 7.83. The van der Waals surface area contributed by atoms with Crippen LogP contribution in [0.2, 0.25) is 0 Å². The minimum absolute atomic E-state index is 0.318. The quantitative estimate of drug-likeness (QED) is 0.756. The van der Waals surface area contributed by atoms with Crippen molar-refractivity contribution < 1.29 is 14.6 Å². The molecule has 0 atom stereocenters. The van der Waals surface area contributed by atoms with Crippen LogP contribution in [-0.2, 0) is 11.2 Å². The lowest BCUT2D eigenvalue weighted by atomic mass is 9.94. The van der Waals surface area contributed by atoms with Crippen LogP contribution in [0.1, 0.15) is 37.5 Å². The summed E-state index contributed by atoms with van der Waals surface area (Å²) in [4.78, 5) is 10.6. The van der Waals surface area contributed by atoms with Crippen molar-refractivity contribution in [2.75, 3.05) is 6.61 Å². The zero-order chi connectivity index (χ0) is 16.9. The van der Waals surface area contributed by atoms with E-state index in [0.29, 0.717) is 11.7 Å². The summed E-state index contributed by atoms with van der Waals surface area (Å²) in [6.45, 7) is 14.3. The lowest BCUT2D eigenvalue weighted by molar-refractivity contribution is -0.139. The van der Waals surface area contributed by atoms with Crippen LogP contribution in [-0.4, -0.2) is 17.7 Å². The maximum Gasteiger partial charge on any atom is 0.341 e. The standard InChI is InChI=1S/C19H26O3/c1-12(2)14(4)7-13(3)8-18-15(5)9-17(10-16(18)6)22-11-19(20)21/h7,9-10,12H,3,8,11H2,1-2,4-6H3,(H,20,21)/b14-7+. The Balaban J connectivity index is 2.90. The van der Waals surface area contributed by atoms with Gasteiger partial charge in [0.1, 0.15) is 5.75 Å². The fourth-order valence-electron chi connectivity index (χ4n) is 2.23. The van der Waals surface area contributed by atoms with Gasteiger partial charge in [0.15, 0.2) is 6.61 Å². The van der Waals surface area contributed by atoms with Crippen molar-refractivity contribution in [3.05, 3.63) is 52.6 Å². The molecule has 1 rings (SSSR count). The molecule has 120 valence electrons. The Labute approximate surface area is 133 Å². The first-order valence-corrected chi connectivity index (χ1v) is 7.51. The van der Waals surface area contributed by atoms with Crippen molar-refractivity contribution in [2.45, 2.75) is 41.0 Å². The minimum Gasteiger partial charge on any atom is -0.482 e. The number of rotatable bonds is 7. The molecule has 3 nitrogen and oxygen atoms in total. The van der Waals surface area contributed by atoms with Gasteiger partial charge in [-0.1, -0.05) is 37.6 Å². The summed E-state index contributed by atoms with van der Waals surface area (Å²) in [6.07, 6.45) is 2.94. The Morgan fingerprint density at radius 3 is 2.32 bits per heavy atom. The molecule has 0 spiro atoms. The second-order valence-electron chi connectivity index (χ2n) is 6.10. The van der Waals surface area contributed by atoms with Gasteiger partial charge in [-0.15, -0.1) is 0 Å². The van der Waals surface area contributed by atoms with E-state index in [1.165, 1.54) is 11.1 Å². The predicted octanol–water partition coefficient (Wildman–Crippen LogP) is 4.47. The van der Waals surface area contributed by atoms with Crippen LogP contribution >= 0.6 is 0 Å². The monoisotopic (exact) mass is 302 g/mol. The first kappa shape index (κ1) is 18.0. The molecule has 1 aromatic rings. The number of carboxylic acids is 1. The first-order chi connectivity index (χ1) is 10.2. The van der Waals surface area contributed by atoms with Crippen LogP contribution in [0.3, 0.4) is 0 Å². The highest BCUT2D eigenvalue weighted by molar-refractivity contribution is 5.68. The van der Waals surface area contributed by atoms with Gasteiger partial charge in [-0.2, -0.15) is 0 Å². The molecular weight excluding hydrogens is 276 g/mol. The highest BCUT2D eigenvalue weighted by atomic mass is 16.5. The maximum absolute atomic E-state index is 10.6. The highest BCUT2D eigenvalue weighted by Crippen LogP contribution is 2.25. The molecule has 0 radical (unpaired) electrons. The number of carbonyl (C=O) groups is 1. The van der Waals surface area contributed by atoms with Gasteiger partial charge in [0.2, 0.25) is 0 Å². The third-order valence-electron chi connectivity index (χ3n) is 3.78. The normalized spacial score (nSPS) is 11.6. The Morgan fingerprint density at radius 1 is 1.32 bits per heavy atom. The number of aryl methyl sites for hydroxylation is 2. The molecule has 0 fully saturated rings. The van der Waals surface area contributed by atoms with Crippen molar-refractivity contribution in [3.63, 3.8) is 0 Å². The molecule has 0 aliphatic rings. The molecule has 1 aromatic carbocycles. The summed E-state index contributed by atoms with van der Waals surface area (Å²) in [6, 6.07) is 3.77. The third kappa shape index (κ3) is 5.40. The molecule has 0 saturated heterocycles. The Hall–Kier alpha value is -2.03. The van der Waals surface area contributed by atoms with Gasteiger partial charge in [-0.05, 0) is 61.9 Å². The Kier molecular flexibility index (Phi) is 6.41. The van der Waals surface area contributed by atoms with Crippen molar-refractivity contribution in [2.24, 2.45) is 5.92 Å². The van der Waals surface area contributed by atoms with Crippen LogP contribution in [0.4, 0.5) is 0 Å². The molecule has 0 amide bonds. The van der Waals surface area contributed by atoms with Gasteiger partial charge in [0.25, 0.3) is 0 Å². The number of hydrogen-bond acceptors (Lipinski definition) is 2. The average molecular weight is 302 g/mol. The van der Waals surface area contributed by atoms with Gasteiger partial charge in [0, 0.05) is 0 Å². The summed E-state index contributed by atoms with van der Waals surface area (Å²) in [5.41, 5.74) is 5.81. The van der Waals surface area contributed by atoms with Gasteiger partial charge < -0.3 is 9.84 Å². The molecule has 3 heteroatoms. The van der Waals surface area contributed by atoms with Crippen LogP contribution in [0.15, 0.2) is 35.9 Å². The molecule has 22 heavy (non-hydrogen) atoms. The van der Waals surface area contributed by atoms with Crippen molar-refractivity contribution >= 4 is 5.97 Å². The number of carboxylic acid groups (broad SMARTS) is 1. The van der Waals surface area contributed by atoms with E-state index < -0.39 is 5.97 Å². The molecule has 0 aliphatic carbocycles. The largest absolute Gasteiger partial charge is 0.482 e. The van der Waals surface area contributed by atoms with E-state index in [1.807, 2.05) is 26.0 Å². The number of benzene rings is 1. The number of allylic oxidation sites excluding steroid dienone is 3. The van der Waals surface area contributed by atoms with Gasteiger partial charge in [0.05, 0.1) is 0 Å². The van der Waals surface area contributed by atoms with Gasteiger partial charge >= 0.3 is 5.97 Å². The molecule has 0 aromatic heterocycles. The summed E-state index contributed by atoms with van der Waals surface area (Å²) in [5, 5.41) is 8.67. The molecule has 1 N–H and O–H groups in total. The zero-order valence-corrected chi connectivity index (χ0v) is 14.2. The van der Waals surface area contributed by atoms with E-state index in [-0.39, 0.29) is 6.61 Å². The van der Waals surface area contributed by atoms with Crippen molar-refractivity contribution in [1.82, 2.24) is 0 Å². The second-order valence-corrected chi connectivity index (χ2v) is 6.10. The summed E-state index contributed by atoms with van der Waals surface area (Å²) < 4.78 is 5.25. The smallest absolute Gasteiger partial charge is 0.341 e. The fourth-order valence-corrected chi connectivity index (χ4v) is 2.23. The lowest BCUT2D eigenvalue weighted by Crippen LogP contribution is -2.10. The van der Waals surface area contributed by atoms with E-state index in [4.69, 9.17) is 9.84 Å². The van der Waals surface area contributed by atoms with E-state index in [2.05, 4.69) is 33.4 Å². The Morgan fingerprint density at radius 2 is 1.86 bits per heavy atom. The molecule has 0 heterocycles. The maximum atomic E-state index is 10.6. The predicted molar refractivity (Wildman–Crippen MR) is 90.5 cm³/mol. The lowest BCUT2D eigenvalue weighted by Gasteiger charge is -2.14. The van der Waals surface area contributed by atoms with Crippen molar-refractivity contribution in [3.8, 4) is 5.75 Å². The first-order valence-electron chi connectivity index (χ1n) is 7.51. The van der Waals surface area contributed by atoms with Crippen LogP contribution in [0, 0.1) is 19.8 Å². The van der Waals surface area contributed by atoms with E-state index in [0.717, 1.165) is 23.1 Å². The van der Waals surface area contributed by atoms with Gasteiger partial charge in [-0.25, -0.2) is 4.79 Å². The fraction of sp³-hybridized carbons (Fsp3) is 0.421. The van der Waals surface area contributed by atoms with E-state index in [9.17, 15) is 4.79 Å². The highest BCUT2D eigenvalue weighted by Gasteiger charge is 2.08. The topological polar surface area (TPSA) is 46.5 Å². The van der Waals surface area contributed by atoms with E-state index in [1.54, 1.807) is 0 Å². The van der Waals surface area contributed by atoms with E-state index >= 15 is 0 Å². The third-order valence-corrected chi connectivity index (χ3v) is 3.78. The zero-order valence-electron chi connectivity index (χ0n) is 14.2. The number of hydrogen-bond donors (Lipinski definition) is 1. The summed E-state index contributed by atoms with van der Waals surface area (Å²) in [5.74, 6) is 0.147. The average Bonchev–Trinajstić information content (AvgIpc) is 2.40. The van der Waals surface area contributed by atoms with Crippen LogP contribution in [0.5, 0.6) is 5.75 Å². The van der Waals surface area contributed by atoms with Crippen LogP contribution in [0.25, 0.3) is 0 Å².